The average Bonchev–Trinajstić information content (AvgIpc) is 2.63. The van der Waals surface area contributed by atoms with Crippen molar-refractivity contribution in [2.24, 2.45) is 0 Å². The van der Waals surface area contributed by atoms with Crippen molar-refractivity contribution in [1.82, 2.24) is 0 Å². The molecule has 2 aromatic carbocycles. The van der Waals surface area contributed by atoms with E-state index in [0.29, 0.717) is 22.2 Å². The minimum Gasteiger partial charge on any atom is -0.495 e. The molecule has 0 aromatic heterocycles. The van der Waals surface area contributed by atoms with Crippen molar-refractivity contribution in [3.8, 4) is 11.5 Å². The fourth-order valence-corrected chi connectivity index (χ4v) is 2.42. The minimum atomic E-state index is -1.01. The maximum Gasteiger partial charge on any atom is 0.344 e. The van der Waals surface area contributed by atoms with Crippen LogP contribution in [0.25, 0.3) is 0 Å². The van der Waals surface area contributed by atoms with Gasteiger partial charge in [0.2, 0.25) is 0 Å². The van der Waals surface area contributed by atoms with Gasteiger partial charge < -0.3 is 19.5 Å². The Bertz CT molecular complexity index is 837. The number of rotatable bonds is 7. The Morgan fingerprint density at radius 1 is 1.11 bits per heavy atom. The lowest BCUT2D eigenvalue weighted by molar-refractivity contribution is -0.155. The molecule has 2 rings (SSSR count). The standard InChI is InChI=1S/C20H22ClNO5/c1-12-5-7-16(9-13(12)2)26-11-19(23)27-14(3)20(24)22-17-10-15(21)6-8-18(17)25-4/h5-10,14H,11H2,1-4H3,(H,22,24)/t14-/m1/s1. The van der Waals surface area contributed by atoms with Crippen LogP contribution in [0.15, 0.2) is 36.4 Å². The Morgan fingerprint density at radius 2 is 1.85 bits per heavy atom. The van der Waals surface area contributed by atoms with Crippen molar-refractivity contribution in [3.05, 3.63) is 52.5 Å². The van der Waals surface area contributed by atoms with Crippen LogP contribution in [0.3, 0.4) is 0 Å². The van der Waals surface area contributed by atoms with E-state index in [-0.39, 0.29) is 6.61 Å². The lowest BCUT2D eigenvalue weighted by Gasteiger charge is -2.15. The normalized spacial score (nSPS) is 11.4. The van der Waals surface area contributed by atoms with E-state index in [9.17, 15) is 9.59 Å². The highest BCUT2D eigenvalue weighted by molar-refractivity contribution is 6.31. The summed E-state index contributed by atoms with van der Waals surface area (Å²) < 4.78 is 15.7. The van der Waals surface area contributed by atoms with Gasteiger partial charge in [0.1, 0.15) is 11.5 Å². The summed E-state index contributed by atoms with van der Waals surface area (Å²) in [4.78, 5) is 24.2. The predicted octanol–water partition coefficient (Wildman–Crippen LogP) is 3.91. The van der Waals surface area contributed by atoms with Crippen molar-refractivity contribution < 1.29 is 23.8 Å². The van der Waals surface area contributed by atoms with E-state index in [1.54, 1.807) is 24.3 Å². The second-order valence-corrected chi connectivity index (χ2v) is 6.44. The van der Waals surface area contributed by atoms with Crippen molar-refractivity contribution >= 4 is 29.2 Å². The molecule has 0 saturated heterocycles. The van der Waals surface area contributed by atoms with Crippen LogP contribution in [0.4, 0.5) is 5.69 Å². The predicted molar refractivity (Wildman–Crippen MR) is 104 cm³/mol. The van der Waals surface area contributed by atoms with Crippen molar-refractivity contribution in [2.75, 3.05) is 19.0 Å². The molecule has 0 aliphatic heterocycles. The number of ether oxygens (including phenoxy) is 3. The van der Waals surface area contributed by atoms with E-state index in [1.165, 1.54) is 14.0 Å². The summed E-state index contributed by atoms with van der Waals surface area (Å²) in [5.74, 6) is -0.135. The fraction of sp³-hybridized carbons (Fsp3) is 0.300. The largest absolute Gasteiger partial charge is 0.495 e. The van der Waals surface area contributed by atoms with Gasteiger partial charge >= 0.3 is 5.97 Å². The number of methoxy groups -OCH3 is 1. The Hall–Kier alpha value is -2.73. The molecule has 0 aliphatic rings. The summed E-state index contributed by atoms with van der Waals surface area (Å²) in [5.41, 5.74) is 2.58. The van der Waals surface area contributed by atoms with Crippen LogP contribution in [0.5, 0.6) is 11.5 Å². The van der Waals surface area contributed by atoms with E-state index in [0.717, 1.165) is 11.1 Å². The SMILES string of the molecule is COc1ccc(Cl)cc1NC(=O)[C@@H](C)OC(=O)COc1ccc(C)c(C)c1. The van der Waals surface area contributed by atoms with Gasteiger partial charge in [0.05, 0.1) is 12.8 Å². The van der Waals surface area contributed by atoms with Crippen LogP contribution in [-0.4, -0.2) is 31.7 Å². The molecule has 0 heterocycles. The number of amides is 1. The van der Waals surface area contributed by atoms with Gasteiger partial charge in [-0.05, 0) is 62.2 Å². The summed E-state index contributed by atoms with van der Waals surface area (Å²) in [6, 6.07) is 10.3. The van der Waals surface area contributed by atoms with Crippen molar-refractivity contribution in [3.63, 3.8) is 0 Å². The number of hydrogen-bond acceptors (Lipinski definition) is 5. The van der Waals surface area contributed by atoms with E-state index >= 15 is 0 Å². The summed E-state index contributed by atoms with van der Waals surface area (Å²) in [7, 11) is 1.48. The van der Waals surface area contributed by atoms with Crippen molar-refractivity contribution in [1.29, 1.82) is 0 Å². The summed E-state index contributed by atoms with van der Waals surface area (Å²) in [6.07, 6.45) is -1.01. The van der Waals surface area contributed by atoms with E-state index in [2.05, 4.69) is 5.32 Å². The molecule has 0 fully saturated rings. The first kappa shape index (κ1) is 20.6. The van der Waals surface area contributed by atoms with Gasteiger partial charge in [-0.3, -0.25) is 4.79 Å². The van der Waals surface area contributed by atoms with Gasteiger partial charge in [-0.25, -0.2) is 4.79 Å². The quantitative estimate of drug-likeness (QED) is 0.724. The first-order chi connectivity index (χ1) is 12.8. The Labute approximate surface area is 163 Å². The van der Waals surface area contributed by atoms with E-state index < -0.39 is 18.0 Å². The number of benzene rings is 2. The maximum atomic E-state index is 12.3. The molecule has 0 unspecified atom stereocenters. The van der Waals surface area contributed by atoms with Gasteiger partial charge in [0.25, 0.3) is 5.91 Å². The molecule has 1 amide bonds. The number of halogens is 1. The Morgan fingerprint density at radius 3 is 2.52 bits per heavy atom. The highest BCUT2D eigenvalue weighted by Gasteiger charge is 2.20. The smallest absolute Gasteiger partial charge is 0.344 e. The molecule has 0 radical (unpaired) electrons. The van der Waals surface area contributed by atoms with Gasteiger partial charge in [-0.15, -0.1) is 0 Å². The highest BCUT2D eigenvalue weighted by atomic mass is 35.5. The zero-order valence-corrected chi connectivity index (χ0v) is 16.4. The number of esters is 1. The zero-order valence-electron chi connectivity index (χ0n) is 15.7. The topological polar surface area (TPSA) is 73.9 Å². The number of hydrogen-bond donors (Lipinski definition) is 1. The monoisotopic (exact) mass is 391 g/mol. The van der Waals surface area contributed by atoms with E-state index in [1.807, 2.05) is 26.0 Å². The number of carbonyl (C=O) groups is 2. The number of nitrogens with one attached hydrogen (secondary N) is 1. The summed E-state index contributed by atoms with van der Waals surface area (Å²) in [5, 5.41) is 3.07. The Balaban J connectivity index is 1.89. The third-order valence-electron chi connectivity index (χ3n) is 3.93. The molecule has 0 aliphatic carbocycles. The molecule has 6 nitrogen and oxygen atoms in total. The molecule has 0 bridgehead atoms. The molecule has 0 saturated carbocycles. The maximum absolute atomic E-state index is 12.3. The van der Waals surface area contributed by atoms with Crippen LogP contribution >= 0.6 is 11.6 Å². The van der Waals surface area contributed by atoms with Crippen LogP contribution < -0.4 is 14.8 Å². The summed E-state index contributed by atoms with van der Waals surface area (Å²) >= 11 is 5.93. The van der Waals surface area contributed by atoms with Crippen LogP contribution in [0, 0.1) is 13.8 Å². The molecule has 144 valence electrons. The molecule has 1 N–H and O–H groups in total. The molecule has 0 spiro atoms. The minimum absolute atomic E-state index is 0.291. The van der Waals surface area contributed by atoms with Gasteiger partial charge in [-0.1, -0.05) is 17.7 Å². The first-order valence-corrected chi connectivity index (χ1v) is 8.72. The van der Waals surface area contributed by atoms with E-state index in [4.69, 9.17) is 25.8 Å². The van der Waals surface area contributed by atoms with Crippen LogP contribution in [0.1, 0.15) is 18.1 Å². The van der Waals surface area contributed by atoms with Gasteiger partial charge in [-0.2, -0.15) is 0 Å². The molecule has 27 heavy (non-hydrogen) atoms. The second-order valence-electron chi connectivity index (χ2n) is 6.00. The molecular formula is C20H22ClNO5. The third kappa shape index (κ3) is 5.89. The zero-order chi connectivity index (χ0) is 20.0. The number of carbonyl (C=O) groups excluding carboxylic acids is 2. The van der Waals surface area contributed by atoms with Gasteiger partial charge in [0, 0.05) is 5.02 Å². The second kappa shape index (κ2) is 9.28. The lowest BCUT2D eigenvalue weighted by Crippen LogP contribution is -2.31. The third-order valence-corrected chi connectivity index (χ3v) is 4.17. The van der Waals surface area contributed by atoms with Crippen LogP contribution in [0.2, 0.25) is 5.02 Å². The fourth-order valence-electron chi connectivity index (χ4n) is 2.24. The average molecular weight is 392 g/mol. The molecule has 1 atom stereocenters. The molecule has 2 aromatic rings. The number of anilines is 1. The summed E-state index contributed by atoms with van der Waals surface area (Å²) in [6.45, 7) is 5.13. The number of aryl methyl sites for hydroxylation is 2. The van der Waals surface area contributed by atoms with Crippen molar-refractivity contribution in [2.45, 2.75) is 26.9 Å². The molecule has 7 heteroatoms. The highest BCUT2D eigenvalue weighted by Crippen LogP contribution is 2.27. The lowest BCUT2D eigenvalue weighted by atomic mass is 10.1. The Kier molecular flexibility index (Phi) is 7.07. The molecular weight excluding hydrogens is 370 g/mol. The van der Waals surface area contributed by atoms with Gasteiger partial charge in [0.15, 0.2) is 12.7 Å². The van der Waals surface area contributed by atoms with Crippen LogP contribution in [-0.2, 0) is 14.3 Å². The first-order valence-electron chi connectivity index (χ1n) is 8.34.